The van der Waals surface area contributed by atoms with Crippen LogP contribution >= 0.6 is 11.3 Å². The number of amides is 3. The second-order valence-electron chi connectivity index (χ2n) is 9.82. The third-order valence-electron chi connectivity index (χ3n) is 5.88. The predicted molar refractivity (Wildman–Crippen MR) is 127 cm³/mol. The van der Waals surface area contributed by atoms with Gasteiger partial charge in [0.25, 0.3) is 0 Å². The van der Waals surface area contributed by atoms with Crippen molar-refractivity contribution in [3.63, 3.8) is 0 Å². The Bertz CT molecular complexity index is 960. The largest absolute Gasteiger partial charge is 0.491 e. The third-order valence-corrected chi connectivity index (χ3v) is 6.88. The smallest absolute Gasteiger partial charge is 0.318 e. The van der Waals surface area contributed by atoms with Gasteiger partial charge in [0.1, 0.15) is 18.9 Å². The van der Waals surface area contributed by atoms with E-state index in [-0.39, 0.29) is 36.1 Å². The van der Waals surface area contributed by atoms with Crippen LogP contribution in [0.1, 0.15) is 55.7 Å². The number of nitrogens with zero attached hydrogens (tertiary/aromatic N) is 2. The lowest BCUT2D eigenvalue weighted by atomic mass is 10.0. The normalized spacial score (nSPS) is 18.1. The summed E-state index contributed by atoms with van der Waals surface area (Å²) in [5.41, 5.74) is 2.01. The summed E-state index contributed by atoms with van der Waals surface area (Å²) in [6.07, 6.45) is 2.76. The molecule has 1 aliphatic carbocycles. The number of nitrogens with one attached hydrogen (secondary N) is 1. The van der Waals surface area contributed by atoms with E-state index in [4.69, 9.17) is 4.74 Å². The Morgan fingerprint density at radius 1 is 1.19 bits per heavy atom. The first-order valence-electron chi connectivity index (χ1n) is 11.4. The van der Waals surface area contributed by atoms with Gasteiger partial charge in [-0.05, 0) is 76.1 Å². The molecule has 2 heterocycles. The Labute approximate surface area is 194 Å². The highest BCUT2D eigenvalue weighted by Crippen LogP contribution is 2.35. The van der Waals surface area contributed by atoms with Gasteiger partial charge in [-0.25, -0.2) is 4.79 Å². The SMILES string of the molecule is Cc1ccc(OCC2c3ccsc3CCN2C(=O)CN(C(=O)NC(C)(C)C)C2CC2)cc1. The molecule has 2 aliphatic rings. The number of hydrogen-bond donors (Lipinski definition) is 1. The van der Waals surface area contributed by atoms with E-state index in [1.165, 1.54) is 16.0 Å². The molecule has 0 radical (unpaired) electrons. The zero-order valence-electron chi connectivity index (χ0n) is 19.4. The Morgan fingerprint density at radius 2 is 1.91 bits per heavy atom. The highest BCUT2D eigenvalue weighted by molar-refractivity contribution is 7.10. The van der Waals surface area contributed by atoms with Crippen LogP contribution in [-0.2, 0) is 11.2 Å². The van der Waals surface area contributed by atoms with Crippen LogP contribution in [-0.4, -0.2) is 53.0 Å². The van der Waals surface area contributed by atoms with Crippen molar-refractivity contribution in [1.29, 1.82) is 0 Å². The highest BCUT2D eigenvalue weighted by Gasteiger charge is 2.38. The zero-order chi connectivity index (χ0) is 22.9. The van der Waals surface area contributed by atoms with Crippen LogP contribution in [0.25, 0.3) is 0 Å². The summed E-state index contributed by atoms with van der Waals surface area (Å²) in [6.45, 7) is 9.07. The molecule has 2 aromatic rings. The minimum Gasteiger partial charge on any atom is -0.491 e. The van der Waals surface area contributed by atoms with Crippen LogP contribution in [0.15, 0.2) is 35.7 Å². The number of rotatable bonds is 6. The Hall–Kier alpha value is -2.54. The molecule has 1 fully saturated rings. The van der Waals surface area contributed by atoms with Gasteiger partial charge in [-0.2, -0.15) is 0 Å². The molecule has 1 saturated carbocycles. The summed E-state index contributed by atoms with van der Waals surface area (Å²) in [4.78, 5) is 31.3. The van der Waals surface area contributed by atoms with Gasteiger partial charge in [0.05, 0.1) is 6.04 Å². The summed E-state index contributed by atoms with van der Waals surface area (Å²) < 4.78 is 6.10. The molecule has 32 heavy (non-hydrogen) atoms. The number of fused-ring (bicyclic) bond motifs is 1. The van der Waals surface area contributed by atoms with Crippen molar-refractivity contribution in [2.45, 2.75) is 64.6 Å². The molecule has 1 unspecified atom stereocenters. The van der Waals surface area contributed by atoms with Crippen molar-refractivity contribution in [2.75, 3.05) is 19.7 Å². The average Bonchev–Trinajstić information content (AvgIpc) is 3.45. The van der Waals surface area contributed by atoms with E-state index in [1.807, 2.05) is 56.9 Å². The lowest BCUT2D eigenvalue weighted by molar-refractivity contribution is -0.135. The molecule has 1 aromatic carbocycles. The molecule has 3 amide bonds. The molecule has 6 nitrogen and oxygen atoms in total. The summed E-state index contributed by atoms with van der Waals surface area (Å²) in [5, 5.41) is 5.10. The van der Waals surface area contributed by atoms with E-state index in [2.05, 4.69) is 16.8 Å². The van der Waals surface area contributed by atoms with Crippen LogP contribution in [0.4, 0.5) is 4.79 Å². The van der Waals surface area contributed by atoms with Gasteiger partial charge < -0.3 is 19.9 Å². The number of carbonyl (C=O) groups excluding carboxylic acids is 2. The summed E-state index contributed by atoms with van der Waals surface area (Å²) in [5.74, 6) is 0.782. The number of aryl methyl sites for hydroxylation is 1. The van der Waals surface area contributed by atoms with Gasteiger partial charge in [0, 0.05) is 23.0 Å². The lowest BCUT2D eigenvalue weighted by Gasteiger charge is -2.37. The van der Waals surface area contributed by atoms with Crippen LogP contribution in [0.2, 0.25) is 0 Å². The van der Waals surface area contributed by atoms with Gasteiger partial charge in [0.2, 0.25) is 5.91 Å². The van der Waals surface area contributed by atoms with Gasteiger partial charge in [-0.15, -0.1) is 11.3 Å². The lowest BCUT2D eigenvalue weighted by Crippen LogP contribution is -2.53. The zero-order valence-corrected chi connectivity index (χ0v) is 20.2. The molecule has 1 atom stereocenters. The minimum atomic E-state index is -0.339. The van der Waals surface area contributed by atoms with Crippen molar-refractivity contribution in [1.82, 2.24) is 15.1 Å². The van der Waals surface area contributed by atoms with Crippen molar-refractivity contribution < 1.29 is 14.3 Å². The van der Waals surface area contributed by atoms with E-state index in [1.54, 1.807) is 16.2 Å². The first kappa shape index (κ1) is 22.6. The van der Waals surface area contributed by atoms with Crippen LogP contribution in [0.5, 0.6) is 5.75 Å². The van der Waals surface area contributed by atoms with Gasteiger partial charge in [0.15, 0.2) is 0 Å². The molecule has 1 aromatic heterocycles. The fraction of sp³-hybridized carbons (Fsp3) is 0.520. The van der Waals surface area contributed by atoms with Gasteiger partial charge in [-0.3, -0.25) is 4.79 Å². The molecular formula is C25H33N3O3S. The Kier molecular flexibility index (Phi) is 6.47. The summed E-state index contributed by atoms with van der Waals surface area (Å²) in [7, 11) is 0. The number of ether oxygens (including phenoxy) is 1. The molecule has 0 saturated heterocycles. The fourth-order valence-corrected chi connectivity index (χ4v) is 4.99. The maximum Gasteiger partial charge on any atom is 0.318 e. The van der Waals surface area contributed by atoms with Gasteiger partial charge in [-0.1, -0.05) is 17.7 Å². The highest BCUT2D eigenvalue weighted by atomic mass is 32.1. The molecule has 4 rings (SSSR count). The van der Waals surface area contributed by atoms with Crippen molar-refractivity contribution in [2.24, 2.45) is 0 Å². The summed E-state index contributed by atoms with van der Waals surface area (Å²) in [6, 6.07) is 9.93. The Balaban J connectivity index is 1.48. The number of benzene rings is 1. The van der Waals surface area contributed by atoms with Gasteiger partial charge >= 0.3 is 6.03 Å². The molecule has 0 bridgehead atoms. The third kappa shape index (κ3) is 5.44. The van der Waals surface area contributed by atoms with E-state index in [0.717, 1.165) is 25.0 Å². The number of thiophene rings is 1. The molecule has 0 spiro atoms. The molecular weight excluding hydrogens is 422 g/mol. The first-order valence-corrected chi connectivity index (χ1v) is 12.2. The van der Waals surface area contributed by atoms with Crippen LogP contribution in [0.3, 0.4) is 0 Å². The van der Waals surface area contributed by atoms with Crippen molar-refractivity contribution >= 4 is 23.3 Å². The second kappa shape index (κ2) is 9.14. The van der Waals surface area contributed by atoms with Crippen LogP contribution in [0, 0.1) is 6.92 Å². The fourth-order valence-electron chi connectivity index (χ4n) is 4.07. The second-order valence-corrected chi connectivity index (χ2v) is 10.8. The van der Waals surface area contributed by atoms with E-state index >= 15 is 0 Å². The molecule has 172 valence electrons. The monoisotopic (exact) mass is 455 g/mol. The topological polar surface area (TPSA) is 61.9 Å². The minimum absolute atomic E-state index is 0.0182. The number of hydrogen-bond acceptors (Lipinski definition) is 4. The first-order chi connectivity index (χ1) is 15.2. The average molecular weight is 456 g/mol. The van der Waals surface area contributed by atoms with Crippen molar-refractivity contribution in [3.05, 3.63) is 51.7 Å². The van der Waals surface area contributed by atoms with Crippen molar-refractivity contribution in [3.8, 4) is 5.75 Å². The maximum atomic E-state index is 13.5. The predicted octanol–water partition coefficient (Wildman–Crippen LogP) is 4.53. The number of urea groups is 1. The standard InChI is InChI=1S/C25H33N3O3S/c1-17-5-9-19(10-6-17)31-16-21-20-12-14-32-22(20)11-13-27(21)23(29)15-28(18-7-8-18)24(30)26-25(2,3)4/h5-6,9-10,12,14,18,21H,7-8,11,13,15-16H2,1-4H3,(H,26,30). The Morgan fingerprint density at radius 3 is 2.56 bits per heavy atom. The number of carbonyl (C=O) groups is 2. The van der Waals surface area contributed by atoms with Crippen LogP contribution < -0.4 is 10.1 Å². The molecule has 1 N–H and O–H groups in total. The quantitative estimate of drug-likeness (QED) is 0.696. The van der Waals surface area contributed by atoms with E-state index in [9.17, 15) is 9.59 Å². The molecule has 7 heteroatoms. The molecule has 1 aliphatic heterocycles. The van der Waals surface area contributed by atoms with E-state index in [0.29, 0.717) is 13.2 Å². The maximum absolute atomic E-state index is 13.5. The summed E-state index contributed by atoms with van der Waals surface area (Å²) >= 11 is 1.74. The van der Waals surface area contributed by atoms with E-state index < -0.39 is 0 Å².